The molecule has 0 aromatic heterocycles. The van der Waals surface area contributed by atoms with E-state index >= 15 is 0 Å². The van der Waals surface area contributed by atoms with Crippen LogP contribution in [-0.2, 0) is 23.8 Å². The number of hydrogen-bond acceptors (Lipinski definition) is 5. The van der Waals surface area contributed by atoms with Crippen LogP contribution in [0.3, 0.4) is 0 Å². The van der Waals surface area contributed by atoms with Gasteiger partial charge in [0, 0.05) is 17.6 Å². The van der Waals surface area contributed by atoms with Gasteiger partial charge in [0.15, 0.2) is 0 Å². The first-order valence-corrected chi connectivity index (χ1v) is 7.80. The molecule has 5 nitrogen and oxygen atoms in total. The minimum Gasteiger partial charge on any atom is -0.458 e. The van der Waals surface area contributed by atoms with E-state index in [2.05, 4.69) is 0 Å². The summed E-state index contributed by atoms with van der Waals surface area (Å²) in [5.41, 5.74) is 3.88. The van der Waals surface area contributed by atoms with Crippen LogP contribution in [0.5, 0.6) is 0 Å². The third-order valence-electron chi connectivity index (χ3n) is 4.93. The summed E-state index contributed by atoms with van der Waals surface area (Å²) in [5, 5.41) is 0. The topological polar surface area (TPSA) is 61.8 Å². The molecule has 4 rings (SSSR count). The Morgan fingerprint density at radius 1 is 1.18 bits per heavy atom. The van der Waals surface area contributed by atoms with Crippen molar-refractivity contribution in [3.63, 3.8) is 0 Å². The first-order valence-electron chi connectivity index (χ1n) is 7.80. The lowest BCUT2D eigenvalue weighted by molar-refractivity contribution is -0.152. The molecular weight excluding hydrogens is 284 g/mol. The molecule has 2 aliphatic carbocycles. The largest absolute Gasteiger partial charge is 0.458 e. The van der Waals surface area contributed by atoms with Gasteiger partial charge >= 0.3 is 11.9 Å². The third kappa shape index (κ3) is 2.07. The Morgan fingerprint density at radius 2 is 2.00 bits per heavy atom. The fraction of sp³-hybridized carbons (Fsp3) is 0.529. The maximum Gasteiger partial charge on any atom is 0.338 e. The number of cyclic esters (lactones) is 1. The van der Waals surface area contributed by atoms with Crippen LogP contribution in [0.4, 0.5) is 0 Å². The molecule has 116 valence electrons. The fourth-order valence-corrected chi connectivity index (χ4v) is 3.79. The quantitative estimate of drug-likeness (QED) is 0.339. The molecule has 2 heterocycles. The Kier molecular flexibility index (Phi) is 3.10. The molecule has 5 heteroatoms. The maximum atomic E-state index is 12.1. The molecule has 0 aromatic carbocycles. The summed E-state index contributed by atoms with van der Waals surface area (Å²) < 4.78 is 16.0. The van der Waals surface area contributed by atoms with Crippen LogP contribution in [0, 0.1) is 5.92 Å². The number of allylic oxidation sites excluding steroid dienone is 1. The molecule has 0 amide bonds. The number of hydrogen-bond donors (Lipinski definition) is 0. The van der Waals surface area contributed by atoms with E-state index in [1.165, 1.54) is 30.2 Å². The SMILES string of the molecule is CC1=C[C@@H](O/C=C2/C(=O)O[C@@H]3C4=C(CCCC4)C[C@H]23)OC1=O. The number of rotatable bonds is 2. The van der Waals surface area contributed by atoms with Crippen molar-refractivity contribution < 1.29 is 23.8 Å². The average molecular weight is 302 g/mol. The first-order chi connectivity index (χ1) is 10.6. The fourth-order valence-electron chi connectivity index (χ4n) is 3.79. The van der Waals surface area contributed by atoms with Crippen LogP contribution in [0.1, 0.15) is 39.0 Å². The molecule has 0 bridgehead atoms. The van der Waals surface area contributed by atoms with Gasteiger partial charge in [-0.25, -0.2) is 9.59 Å². The minimum atomic E-state index is -0.740. The van der Waals surface area contributed by atoms with Crippen LogP contribution < -0.4 is 0 Å². The van der Waals surface area contributed by atoms with Crippen molar-refractivity contribution >= 4 is 11.9 Å². The van der Waals surface area contributed by atoms with E-state index in [9.17, 15) is 9.59 Å². The maximum absolute atomic E-state index is 12.1. The molecule has 0 aromatic rings. The van der Waals surface area contributed by atoms with Crippen LogP contribution in [0.25, 0.3) is 0 Å². The van der Waals surface area contributed by atoms with E-state index in [1.807, 2.05) is 0 Å². The van der Waals surface area contributed by atoms with Crippen LogP contribution >= 0.6 is 0 Å². The van der Waals surface area contributed by atoms with Gasteiger partial charge in [-0.05, 0) is 44.6 Å². The minimum absolute atomic E-state index is 0.0674. The molecule has 3 atom stereocenters. The molecule has 1 saturated heterocycles. The molecule has 2 aliphatic heterocycles. The third-order valence-corrected chi connectivity index (χ3v) is 4.93. The van der Waals surface area contributed by atoms with Crippen molar-refractivity contribution in [2.45, 2.75) is 51.4 Å². The summed E-state index contributed by atoms with van der Waals surface area (Å²) >= 11 is 0. The van der Waals surface area contributed by atoms with Gasteiger partial charge in [-0.2, -0.15) is 0 Å². The lowest BCUT2D eigenvalue weighted by Gasteiger charge is -2.17. The molecule has 0 unspecified atom stereocenters. The number of carbonyl (C=O) groups is 2. The van der Waals surface area contributed by atoms with Gasteiger partial charge in [0.1, 0.15) is 6.10 Å². The second-order valence-electron chi connectivity index (χ2n) is 6.31. The molecule has 1 fully saturated rings. The highest BCUT2D eigenvalue weighted by atomic mass is 16.7. The number of ether oxygens (including phenoxy) is 3. The first kappa shape index (κ1) is 13.6. The van der Waals surface area contributed by atoms with E-state index in [0.717, 1.165) is 19.3 Å². The molecular formula is C17H18O5. The average Bonchev–Trinajstić information content (AvgIpc) is 3.10. The monoisotopic (exact) mass is 302 g/mol. The van der Waals surface area contributed by atoms with Crippen molar-refractivity contribution in [3.05, 3.63) is 34.6 Å². The van der Waals surface area contributed by atoms with Crippen molar-refractivity contribution in [3.8, 4) is 0 Å². The highest BCUT2D eigenvalue weighted by molar-refractivity contribution is 5.92. The zero-order valence-corrected chi connectivity index (χ0v) is 12.5. The highest BCUT2D eigenvalue weighted by Gasteiger charge is 2.47. The predicted octanol–water partition coefficient (Wildman–Crippen LogP) is 2.53. The Labute approximate surface area is 128 Å². The van der Waals surface area contributed by atoms with Gasteiger partial charge in [-0.15, -0.1) is 0 Å². The molecule has 0 radical (unpaired) electrons. The Balaban J connectivity index is 1.50. The van der Waals surface area contributed by atoms with Gasteiger partial charge in [0.2, 0.25) is 0 Å². The molecule has 0 spiro atoms. The standard InChI is InChI=1S/C17H18O5/c1-9-6-14(21-16(9)18)20-8-13-12-7-10-4-2-3-5-11(10)15(12)22-17(13)19/h6,8,12,14-15H,2-5,7H2,1H3/b13-8+/t12-,14+,15-/m1/s1. The molecule has 0 saturated carbocycles. The smallest absolute Gasteiger partial charge is 0.338 e. The van der Waals surface area contributed by atoms with Crippen LogP contribution in [-0.4, -0.2) is 24.3 Å². The van der Waals surface area contributed by atoms with Crippen LogP contribution in [0.2, 0.25) is 0 Å². The number of esters is 2. The van der Waals surface area contributed by atoms with E-state index < -0.39 is 6.29 Å². The van der Waals surface area contributed by atoms with Gasteiger partial charge in [0.25, 0.3) is 6.29 Å². The zero-order valence-electron chi connectivity index (χ0n) is 12.5. The Hall–Kier alpha value is -2.04. The van der Waals surface area contributed by atoms with Crippen molar-refractivity contribution in [1.82, 2.24) is 0 Å². The van der Waals surface area contributed by atoms with Gasteiger partial charge in [-0.1, -0.05) is 5.57 Å². The Bertz CT molecular complexity index is 639. The lowest BCUT2D eigenvalue weighted by Crippen LogP contribution is -2.14. The van der Waals surface area contributed by atoms with E-state index in [1.54, 1.807) is 13.0 Å². The summed E-state index contributed by atoms with van der Waals surface area (Å²) in [7, 11) is 0. The van der Waals surface area contributed by atoms with Gasteiger partial charge < -0.3 is 14.2 Å². The summed E-state index contributed by atoms with van der Waals surface area (Å²) in [6.45, 7) is 1.67. The van der Waals surface area contributed by atoms with Crippen molar-refractivity contribution in [1.29, 1.82) is 0 Å². The van der Waals surface area contributed by atoms with Gasteiger partial charge in [-0.3, -0.25) is 0 Å². The lowest BCUT2D eigenvalue weighted by atomic mass is 9.93. The second kappa shape index (κ2) is 5.00. The highest BCUT2D eigenvalue weighted by Crippen LogP contribution is 2.48. The normalized spacial score (nSPS) is 35.2. The van der Waals surface area contributed by atoms with Gasteiger partial charge in [0.05, 0.1) is 11.8 Å². The summed E-state index contributed by atoms with van der Waals surface area (Å²) in [5.74, 6) is -0.622. The van der Waals surface area contributed by atoms with Crippen LogP contribution in [0.15, 0.2) is 34.6 Å². The second-order valence-corrected chi connectivity index (χ2v) is 6.31. The van der Waals surface area contributed by atoms with E-state index in [-0.39, 0.29) is 24.0 Å². The summed E-state index contributed by atoms with van der Waals surface area (Å²) in [6, 6.07) is 0. The van der Waals surface area contributed by atoms with Crippen molar-refractivity contribution in [2.24, 2.45) is 5.92 Å². The molecule has 22 heavy (non-hydrogen) atoms. The zero-order chi connectivity index (χ0) is 15.3. The molecule has 0 N–H and O–H groups in total. The summed E-state index contributed by atoms with van der Waals surface area (Å²) in [6.07, 6.45) is 7.66. The van der Waals surface area contributed by atoms with E-state index in [0.29, 0.717) is 11.1 Å². The summed E-state index contributed by atoms with van der Waals surface area (Å²) in [4.78, 5) is 23.4. The molecule has 4 aliphatic rings. The number of carbonyl (C=O) groups excluding carboxylic acids is 2. The predicted molar refractivity (Wildman–Crippen MR) is 76.3 cm³/mol. The van der Waals surface area contributed by atoms with Crippen molar-refractivity contribution in [2.75, 3.05) is 0 Å². The number of fused-ring (bicyclic) bond motifs is 2. The van der Waals surface area contributed by atoms with E-state index in [4.69, 9.17) is 14.2 Å². The Morgan fingerprint density at radius 3 is 2.77 bits per heavy atom.